The Bertz CT molecular complexity index is 1050. The number of phenols is 2. The SMILES string of the molecule is C(OCC1CO1)C1CO1.COc1ccc(-c2cc(=O)c3c(O)cc(O)cc3o2)cc1. The zero-order valence-corrected chi connectivity index (χ0v) is 16.4. The van der Waals surface area contributed by atoms with Gasteiger partial charge in [-0.2, -0.15) is 0 Å². The molecule has 0 saturated carbocycles. The maximum Gasteiger partial charge on any atom is 0.197 e. The molecule has 3 heterocycles. The van der Waals surface area contributed by atoms with Gasteiger partial charge in [0.25, 0.3) is 0 Å². The standard InChI is InChI=1S/C16H12O5.C6H10O3/c1-20-11-4-2-9(3-5-11)14-8-13(19)16-12(18)6-10(17)7-15(16)21-14;1(5-3-8-5)7-2-6-4-9-6/h2-8,17-18H,1H3;5-6H,1-4H2. The third kappa shape index (κ3) is 5.10. The van der Waals surface area contributed by atoms with E-state index in [1.807, 2.05) is 0 Å². The van der Waals surface area contributed by atoms with E-state index in [0.717, 1.165) is 32.5 Å². The second-order valence-electron chi connectivity index (χ2n) is 6.99. The van der Waals surface area contributed by atoms with E-state index in [1.165, 1.54) is 12.1 Å². The largest absolute Gasteiger partial charge is 0.508 e. The van der Waals surface area contributed by atoms with E-state index in [4.69, 9.17) is 23.4 Å². The summed E-state index contributed by atoms with van der Waals surface area (Å²) in [5, 5.41) is 19.3. The molecule has 0 radical (unpaired) electrons. The molecule has 2 atom stereocenters. The molecular formula is C22H22O8. The molecule has 2 aromatic carbocycles. The highest BCUT2D eigenvalue weighted by Gasteiger charge is 2.26. The van der Waals surface area contributed by atoms with Gasteiger partial charge < -0.3 is 33.6 Å². The molecular weight excluding hydrogens is 392 g/mol. The fourth-order valence-electron chi connectivity index (χ4n) is 2.81. The minimum Gasteiger partial charge on any atom is -0.508 e. The first-order valence-corrected chi connectivity index (χ1v) is 9.48. The second-order valence-corrected chi connectivity index (χ2v) is 6.99. The van der Waals surface area contributed by atoms with Crippen LogP contribution in [0.2, 0.25) is 0 Å². The monoisotopic (exact) mass is 414 g/mol. The molecule has 8 nitrogen and oxygen atoms in total. The maximum absolute atomic E-state index is 12.1. The Balaban J connectivity index is 0.000000200. The van der Waals surface area contributed by atoms with Crippen LogP contribution in [0, 0.1) is 0 Å². The van der Waals surface area contributed by atoms with Gasteiger partial charge >= 0.3 is 0 Å². The first kappa shape index (κ1) is 20.2. The number of ether oxygens (including phenoxy) is 4. The van der Waals surface area contributed by atoms with Crippen LogP contribution in [0.25, 0.3) is 22.3 Å². The van der Waals surface area contributed by atoms with Crippen molar-refractivity contribution in [1.82, 2.24) is 0 Å². The van der Waals surface area contributed by atoms with Crippen molar-refractivity contribution in [3.63, 3.8) is 0 Å². The maximum atomic E-state index is 12.1. The number of aromatic hydroxyl groups is 2. The van der Waals surface area contributed by atoms with Crippen LogP contribution in [0.4, 0.5) is 0 Å². The minimum atomic E-state index is -0.375. The van der Waals surface area contributed by atoms with E-state index in [-0.39, 0.29) is 27.9 Å². The predicted octanol–water partition coefficient (Wildman–Crippen LogP) is 2.68. The van der Waals surface area contributed by atoms with Crippen LogP contribution in [0.5, 0.6) is 17.2 Å². The Kier molecular flexibility index (Phi) is 5.89. The number of rotatable bonds is 6. The van der Waals surface area contributed by atoms with Crippen LogP contribution in [-0.2, 0) is 14.2 Å². The Morgan fingerprint density at radius 1 is 1.00 bits per heavy atom. The minimum absolute atomic E-state index is 0.0464. The van der Waals surface area contributed by atoms with Crippen LogP contribution < -0.4 is 10.2 Å². The van der Waals surface area contributed by atoms with Crippen molar-refractivity contribution in [2.75, 3.05) is 33.5 Å². The van der Waals surface area contributed by atoms with E-state index in [1.54, 1.807) is 31.4 Å². The van der Waals surface area contributed by atoms with Crippen molar-refractivity contribution in [2.24, 2.45) is 0 Å². The first-order chi connectivity index (χ1) is 14.5. The summed E-state index contributed by atoms with van der Waals surface area (Å²) >= 11 is 0. The number of fused-ring (bicyclic) bond motifs is 1. The number of benzene rings is 2. The molecule has 0 amide bonds. The average Bonchev–Trinajstić information content (AvgIpc) is 3.64. The Labute approximate surface area is 172 Å². The molecule has 0 spiro atoms. The molecule has 2 unspecified atom stereocenters. The smallest absolute Gasteiger partial charge is 0.197 e. The molecule has 3 aromatic rings. The number of methoxy groups -OCH3 is 1. The normalized spacial score (nSPS) is 19.1. The third-order valence-corrected chi connectivity index (χ3v) is 4.58. The summed E-state index contributed by atoms with van der Waals surface area (Å²) in [4.78, 5) is 12.1. The average molecular weight is 414 g/mol. The molecule has 2 fully saturated rings. The van der Waals surface area contributed by atoms with E-state index >= 15 is 0 Å². The van der Waals surface area contributed by atoms with Crippen LogP contribution >= 0.6 is 0 Å². The molecule has 2 aliphatic rings. The highest BCUT2D eigenvalue weighted by atomic mass is 16.6. The number of epoxide rings is 2. The van der Waals surface area contributed by atoms with E-state index < -0.39 is 0 Å². The third-order valence-electron chi connectivity index (χ3n) is 4.58. The van der Waals surface area contributed by atoms with Gasteiger partial charge in [0.2, 0.25) is 0 Å². The highest BCUT2D eigenvalue weighted by Crippen LogP contribution is 2.30. The van der Waals surface area contributed by atoms with Gasteiger partial charge in [-0.1, -0.05) is 0 Å². The quantitative estimate of drug-likeness (QED) is 0.592. The molecule has 2 N–H and O–H groups in total. The van der Waals surface area contributed by atoms with Gasteiger partial charge in [0, 0.05) is 23.8 Å². The summed E-state index contributed by atoms with van der Waals surface area (Å²) < 4.78 is 25.8. The van der Waals surface area contributed by atoms with Gasteiger partial charge in [0.15, 0.2) is 5.43 Å². The van der Waals surface area contributed by atoms with Gasteiger partial charge in [-0.05, 0) is 24.3 Å². The van der Waals surface area contributed by atoms with Crippen LogP contribution in [0.15, 0.2) is 51.7 Å². The van der Waals surface area contributed by atoms with Crippen molar-refractivity contribution < 1.29 is 33.6 Å². The molecule has 1 aromatic heterocycles. The lowest BCUT2D eigenvalue weighted by Gasteiger charge is -2.06. The Morgan fingerprint density at radius 3 is 2.20 bits per heavy atom. The van der Waals surface area contributed by atoms with Crippen LogP contribution in [0.3, 0.4) is 0 Å². The van der Waals surface area contributed by atoms with Gasteiger partial charge in [-0.3, -0.25) is 4.79 Å². The summed E-state index contributed by atoms with van der Waals surface area (Å²) in [6, 6.07) is 10.7. The highest BCUT2D eigenvalue weighted by molar-refractivity contribution is 5.86. The van der Waals surface area contributed by atoms with Gasteiger partial charge in [0.05, 0.1) is 33.5 Å². The van der Waals surface area contributed by atoms with Crippen molar-refractivity contribution in [2.45, 2.75) is 12.2 Å². The molecule has 2 aliphatic heterocycles. The predicted molar refractivity (Wildman–Crippen MR) is 108 cm³/mol. The molecule has 8 heteroatoms. The molecule has 158 valence electrons. The van der Waals surface area contributed by atoms with E-state index in [2.05, 4.69) is 0 Å². The van der Waals surface area contributed by atoms with Gasteiger partial charge in [0.1, 0.15) is 46.2 Å². The van der Waals surface area contributed by atoms with Crippen molar-refractivity contribution in [3.05, 3.63) is 52.7 Å². The van der Waals surface area contributed by atoms with Crippen LogP contribution in [0.1, 0.15) is 0 Å². The lowest BCUT2D eigenvalue weighted by molar-refractivity contribution is 0.102. The van der Waals surface area contributed by atoms with Crippen molar-refractivity contribution in [3.8, 4) is 28.6 Å². The first-order valence-electron chi connectivity index (χ1n) is 9.48. The number of hydrogen-bond acceptors (Lipinski definition) is 8. The van der Waals surface area contributed by atoms with Gasteiger partial charge in [-0.15, -0.1) is 0 Å². The molecule has 5 rings (SSSR count). The molecule has 30 heavy (non-hydrogen) atoms. The summed E-state index contributed by atoms with van der Waals surface area (Å²) in [6.45, 7) is 3.26. The summed E-state index contributed by atoms with van der Waals surface area (Å²) in [5.41, 5.74) is 0.447. The summed E-state index contributed by atoms with van der Waals surface area (Å²) in [7, 11) is 1.57. The Morgan fingerprint density at radius 2 is 1.63 bits per heavy atom. The zero-order valence-electron chi connectivity index (χ0n) is 16.4. The summed E-state index contributed by atoms with van der Waals surface area (Å²) in [6.07, 6.45) is 0.785. The van der Waals surface area contributed by atoms with E-state index in [0.29, 0.717) is 29.3 Å². The van der Waals surface area contributed by atoms with Crippen LogP contribution in [-0.4, -0.2) is 56.0 Å². The lowest BCUT2D eigenvalue weighted by Crippen LogP contribution is -2.06. The number of phenolic OH excluding ortho intramolecular Hbond substituents is 2. The summed E-state index contributed by atoms with van der Waals surface area (Å²) in [5.74, 6) is 0.562. The molecule has 2 saturated heterocycles. The molecule has 0 aliphatic carbocycles. The fraction of sp³-hybridized carbons (Fsp3) is 0.318. The lowest BCUT2D eigenvalue weighted by atomic mass is 10.1. The fourth-order valence-corrected chi connectivity index (χ4v) is 2.81. The van der Waals surface area contributed by atoms with Crippen molar-refractivity contribution in [1.29, 1.82) is 0 Å². The molecule has 0 bridgehead atoms. The Hall–Kier alpha value is -3.07. The van der Waals surface area contributed by atoms with Gasteiger partial charge in [-0.25, -0.2) is 0 Å². The zero-order chi connectivity index (χ0) is 21.1. The number of hydrogen-bond donors (Lipinski definition) is 2. The topological polar surface area (TPSA) is 114 Å². The van der Waals surface area contributed by atoms with E-state index in [9.17, 15) is 15.0 Å². The van der Waals surface area contributed by atoms with Crippen molar-refractivity contribution >= 4 is 11.0 Å². The second kappa shape index (κ2) is 8.74.